The Morgan fingerprint density at radius 2 is 1.62 bits per heavy atom. The summed E-state index contributed by atoms with van der Waals surface area (Å²) in [5, 5.41) is 12.2. The maximum atomic E-state index is 13.3. The Hall–Kier alpha value is -1.16. The van der Waals surface area contributed by atoms with Gasteiger partial charge in [0.2, 0.25) is 0 Å². The van der Waals surface area contributed by atoms with Gasteiger partial charge in [-0.1, -0.05) is 6.07 Å². The Labute approximate surface area is 93.3 Å². The average molecular weight is 227 g/mol. The fraction of sp³-hybridized carbons (Fsp3) is 0.500. The monoisotopic (exact) mass is 227 g/mol. The van der Waals surface area contributed by atoms with Gasteiger partial charge in [-0.2, -0.15) is 0 Å². The second kappa shape index (κ2) is 4.78. The highest BCUT2D eigenvalue weighted by molar-refractivity contribution is 5.46. The summed E-state index contributed by atoms with van der Waals surface area (Å²) in [6, 6.07) is 3.88. The van der Waals surface area contributed by atoms with Crippen molar-refractivity contribution in [2.45, 2.75) is 37.8 Å². The van der Waals surface area contributed by atoms with Gasteiger partial charge in [0, 0.05) is 6.04 Å². The molecule has 1 saturated carbocycles. The van der Waals surface area contributed by atoms with E-state index in [1.165, 1.54) is 18.2 Å². The molecule has 0 saturated heterocycles. The summed E-state index contributed by atoms with van der Waals surface area (Å²) in [4.78, 5) is 0. The van der Waals surface area contributed by atoms with Crippen LogP contribution in [0.2, 0.25) is 0 Å². The Bertz CT molecular complexity index is 342. The van der Waals surface area contributed by atoms with Crippen LogP contribution in [0.4, 0.5) is 14.5 Å². The summed E-state index contributed by atoms with van der Waals surface area (Å²) in [6.07, 6.45) is 2.61. The molecular formula is C12H15F2NO. The van der Waals surface area contributed by atoms with E-state index in [2.05, 4.69) is 5.32 Å². The van der Waals surface area contributed by atoms with Crippen molar-refractivity contribution in [1.29, 1.82) is 0 Å². The van der Waals surface area contributed by atoms with Crippen LogP contribution >= 0.6 is 0 Å². The summed E-state index contributed by atoms with van der Waals surface area (Å²) in [7, 11) is 0. The lowest BCUT2D eigenvalue weighted by atomic mass is 9.93. The van der Waals surface area contributed by atoms with Gasteiger partial charge < -0.3 is 10.4 Å². The molecule has 2 N–H and O–H groups in total. The van der Waals surface area contributed by atoms with Crippen LogP contribution in [-0.4, -0.2) is 17.3 Å². The zero-order valence-electron chi connectivity index (χ0n) is 8.92. The third kappa shape index (κ3) is 2.50. The van der Waals surface area contributed by atoms with Gasteiger partial charge in [-0.05, 0) is 37.8 Å². The number of nitrogens with one attached hydrogen (secondary N) is 1. The molecule has 0 heterocycles. The molecule has 2 rings (SSSR count). The molecule has 0 atom stereocenters. The topological polar surface area (TPSA) is 32.3 Å². The molecule has 1 aromatic carbocycles. The summed E-state index contributed by atoms with van der Waals surface area (Å²) in [5.74, 6) is -1.13. The van der Waals surface area contributed by atoms with Gasteiger partial charge in [0.15, 0.2) is 0 Å². The van der Waals surface area contributed by atoms with Crippen LogP contribution in [0.5, 0.6) is 0 Å². The molecule has 0 bridgehead atoms. The number of hydrogen-bond donors (Lipinski definition) is 2. The van der Waals surface area contributed by atoms with Crippen LogP contribution in [0.1, 0.15) is 25.7 Å². The van der Waals surface area contributed by atoms with E-state index in [4.69, 9.17) is 0 Å². The number of anilines is 1. The van der Waals surface area contributed by atoms with Crippen LogP contribution in [0, 0.1) is 11.6 Å². The summed E-state index contributed by atoms with van der Waals surface area (Å²) in [6.45, 7) is 0. The largest absolute Gasteiger partial charge is 0.393 e. The Morgan fingerprint density at radius 1 is 1.06 bits per heavy atom. The molecule has 88 valence electrons. The fourth-order valence-corrected chi connectivity index (χ4v) is 2.06. The summed E-state index contributed by atoms with van der Waals surface area (Å²) in [5.41, 5.74) is -0.0520. The Morgan fingerprint density at radius 3 is 2.19 bits per heavy atom. The second-order valence-electron chi connectivity index (χ2n) is 4.25. The zero-order chi connectivity index (χ0) is 11.5. The molecule has 0 spiro atoms. The second-order valence-corrected chi connectivity index (χ2v) is 4.25. The molecule has 0 amide bonds. The predicted octanol–water partition coefficient (Wildman–Crippen LogP) is 2.68. The third-order valence-corrected chi connectivity index (χ3v) is 3.01. The first kappa shape index (κ1) is 11.3. The van der Waals surface area contributed by atoms with Crippen molar-refractivity contribution in [2.24, 2.45) is 0 Å². The van der Waals surface area contributed by atoms with Crippen molar-refractivity contribution in [3.8, 4) is 0 Å². The van der Waals surface area contributed by atoms with Gasteiger partial charge in [-0.25, -0.2) is 8.78 Å². The van der Waals surface area contributed by atoms with E-state index in [0.29, 0.717) is 12.8 Å². The lowest BCUT2D eigenvalue weighted by Crippen LogP contribution is -2.28. The minimum Gasteiger partial charge on any atom is -0.393 e. The minimum atomic E-state index is -0.564. The minimum absolute atomic E-state index is 0.0507. The number of halogens is 2. The number of para-hydroxylation sites is 1. The quantitative estimate of drug-likeness (QED) is 0.814. The maximum absolute atomic E-state index is 13.3. The van der Waals surface area contributed by atoms with Crippen molar-refractivity contribution >= 4 is 5.69 Å². The van der Waals surface area contributed by atoms with E-state index in [1.807, 2.05) is 0 Å². The Balaban J connectivity index is 2.04. The van der Waals surface area contributed by atoms with E-state index >= 15 is 0 Å². The van der Waals surface area contributed by atoms with Crippen molar-refractivity contribution in [3.63, 3.8) is 0 Å². The highest BCUT2D eigenvalue weighted by Gasteiger charge is 2.21. The van der Waals surface area contributed by atoms with Crippen molar-refractivity contribution in [2.75, 3.05) is 5.32 Å². The number of benzene rings is 1. The molecule has 1 fully saturated rings. The third-order valence-electron chi connectivity index (χ3n) is 3.01. The van der Waals surface area contributed by atoms with Crippen LogP contribution in [0.25, 0.3) is 0 Å². The number of aliphatic hydroxyl groups excluding tert-OH is 1. The van der Waals surface area contributed by atoms with E-state index < -0.39 is 11.6 Å². The first-order valence-corrected chi connectivity index (χ1v) is 5.55. The molecule has 4 heteroatoms. The SMILES string of the molecule is OC1CCC(Nc2c(F)cccc2F)CC1. The van der Waals surface area contributed by atoms with Crippen molar-refractivity contribution in [1.82, 2.24) is 0 Å². The molecule has 1 aliphatic rings. The molecule has 0 unspecified atom stereocenters. The average Bonchev–Trinajstić information content (AvgIpc) is 2.26. The standard InChI is InChI=1S/C12H15F2NO/c13-10-2-1-3-11(14)12(10)15-8-4-6-9(16)7-5-8/h1-3,8-9,15-16H,4-7H2. The molecule has 1 aliphatic carbocycles. The molecule has 0 aromatic heterocycles. The number of rotatable bonds is 2. The van der Waals surface area contributed by atoms with Gasteiger partial charge in [0.05, 0.1) is 6.10 Å². The molecule has 2 nitrogen and oxygen atoms in total. The van der Waals surface area contributed by atoms with Crippen LogP contribution < -0.4 is 5.32 Å². The van der Waals surface area contributed by atoms with E-state index in [1.54, 1.807) is 0 Å². The summed E-state index contributed by atoms with van der Waals surface area (Å²) >= 11 is 0. The van der Waals surface area contributed by atoms with Gasteiger partial charge >= 0.3 is 0 Å². The zero-order valence-corrected chi connectivity index (χ0v) is 8.92. The van der Waals surface area contributed by atoms with Crippen LogP contribution in [-0.2, 0) is 0 Å². The van der Waals surface area contributed by atoms with Crippen molar-refractivity contribution in [3.05, 3.63) is 29.8 Å². The molecule has 16 heavy (non-hydrogen) atoms. The first-order valence-electron chi connectivity index (χ1n) is 5.55. The van der Waals surface area contributed by atoms with E-state index in [-0.39, 0.29) is 17.8 Å². The first-order chi connectivity index (χ1) is 7.66. The molecule has 0 radical (unpaired) electrons. The van der Waals surface area contributed by atoms with E-state index in [9.17, 15) is 13.9 Å². The highest BCUT2D eigenvalue weighted by atomic mass is 19.1. The fourth-order valence-electron chi connectivity index (χ4n) is 2.06. The highest BCUT2D eigenvalue weighted by Crippen LogP contribution is 2.25. The number of aliphatic hydroxyl groups is 1. The predicted molar refractivity (Wildman–Crippen MR) is 58.2 cm³/mol. The number of hydrogen-bond acceptors (Lipinski definition) is 2. The lowest BCUT2D eigenvalue weighted by molar-refractivity contribution is 0.126. The molecule has 1 aromatic rings. The van der Waals surface area contributed by atoms with Gasteiger partial charge in [-0.15, -0.1) is 0 Å². The molecular weight excluding hydrogens is 212 g/mol. The lowest BCUT2D eigenvalue weighted by Gasteiger charge is -2.27. The van der Waals surface area contributed by atoms with Gasteiger partial charge in [0.1, 0.15) is 17.3 Å². The molecule has 0 aliphatic heterocycles. The van der Waals surface area contributed by atoms with Crippen molar-refractivity contribution < 1.29 is 13.9 Å². The van der Waals surface area contributed by atoms with Crippen LogP contribution in [0.3, 0.4) is 0 Å². The maximum Gasteiger partial charge on any atom is 0.149 e. The Kier molecular flexibility index (Phi) is 3.39. The van der Waals surface area contributed by atoms with Gasteiger partial charge in [-0.3, -0.25) is 0 Å². The van der Waals surface area contributed by atoms with Crippen LogP contribution in [0.15, 0.2) is 18.2 Å². The summed E-state index contributed by atoms with van der Waals surface area (Å²) < 4.78 is 26.7. The smallest absolute Gasteiger partial charge is 0.149 e. The van der Waals surface area contributed by atoms with E-state index in [0.717, 1.165) is 12.8 Å². The normalized spacial score (nSPS) is 25.4. The van der Waals surface area contributed by atoms with Gasteiger partial charge in [0.25, 0.3) is 0 Å².